The molecule has 2 atom stereocenters. The number of hydrogen-bond donors (Lipinski definition) is 1. The van der Waals surface area contributed by atoms with Gasteiger partial charge in [-0.2, -0.15) is 0 Å². The van der Waals surface area contributed by atoms with Gasteiger partial charge in [0.25, 0.3) is 11.8 Å². The molecule has 0 bridgehead atoms. The van der Waals surface area contributed by atoms with Gasteiger partial charge in [0.05, 0.1) is 27.9 Å². The van der Waals surface area contributed by atoms with Crippen molar-refractivity contribution in [3.8, 4) is 0 Å². The third kappa shape index (κ3) is 15.3. The standard InChI is InChI=1S/C28H33I3N2O14/c1-13(34)42-9-19(46-17(5)38)7-33(8-20(47-18(6)39)10-43-14(2)35)28(41)23-24(29)21(11-44-15(3)36)25(30)27(26(23)31)32-22(40)12-45-16(4)37/h19-20H,7-12H2,1-6H3,(H,32,40). The highest BCUT2D eigenvalue weighted by molar-refractivity contribution is 14.1. The number of hydrogen-bond acceptors (Lipinski definition) is 14. The lowest BCUT2D eigenvalue weighted by Gasteiger charge is -2.31. The van der Waals surface area contributed by atoms with E-state index in [1.54, 1.807) is 0 Å². The van der Waals surface area contributed by atoms with Crippen LogP contribution in [0.2, 0.25) is 0 Å². The molecule has 19 heteroatoms. The first-order valence-electron chi connectivity index (χ1n) is 13.5. The molecule has 2 unspecified atom stereocenters. The molecule has 1 N–H and O–H groups in total. The molecule has 0 aromatic heterocycles. The summed E-state index contributed by atoms with van der Waals surface area (Å²) in [7, 11) is 0. The molecule has 0 saturated heterocycles. The molecule has 1 rings (SSSR count). The Hall–Kier alpha value is -2.83. The molecule has 0 aliphatic carbocycles. The van der Waals surface area contributed by atoms with Crippen molar-refractivity contribution in [2.75, 3.05) is 38.2 Å². The molecule has 47 heavy (non-hydrogen) atoms. The van der Waals surface area contributed by atoms with E-state index in [-0.39, 0.29) is 21.4 Å². The number of carbonyl (C=O) groups excluding carboxylic acids is 8. The highest BCUT2D eigenvalue weighted by atomic mass is 127. The van der Waals surface area contributed by atoms with Crippen LogP contribution in [0, 0.1) is 10.7 Å². The molecule has 0 radical (unpaired) electrons. The first kappa shape index (κ1) is 42.2. The first-order valence-corrected chi connectivity index (χ1v) is 16.7. The van der Waals surface area contributed by atoms with Crippen LogP contribution in [0.3, 0.4) is 0 Å². The zero-order valence-electron chi connectivity index (χ0n) is 26.2. The minimum Gasteiger partial charge on any atom is -0.462 e. The number of benzene rings is 1. The van der Waals surface area contributed by atoms with Crippen molar-refractivity contribution < 1.29 is 66.8 Å². The quantitative estimate of drug-likeness (QED) is 0.144. The van der Waals surface area contributed by atoms with Gasteiger partial charge in [0.15, 0.2) is 18.8 Å². The Bertz CT molecular complexity index is 1360. The topological polar surface area (TPSA) is 207 Å². The molecular weight excluding hydrogens is 969 g/mol. The number of ether oxygens (including phenoxy) is 6. The van der Waals surface area contributed by atoms with Crippen LogP contribution in [-0.2, 0) is 68.6 Å². The summed E-state index contributed by atoms with van der Waals surface area (Å²) in [5.74, 6) is -5.63. The third-order valence-electron chi connectivity index (χ3n) is 5.46. The van der Waals surface area contributed by atoms with E-state index in [0.29, 0.717) is 12.7 Å². The Balaban J connectivity index is 3.88. The highest BCUT2D eigenvalue weighted by Gasteiger charge is 2.33. The van der Waals surface area contributed by atoms with Gasteiger partial charge in [0.1, 0.15) is 19.8 Å². The average Bonchev–Trinajstić information content (AvgIpc) is 2.94. The fourth-order valence-corrected chi connectivity index (χ4v) is 7.89. The van der Waals surface area contributed by atoms with Gasteiger partial charge in [-0.05, 0) is 67.8 Å². The van der Waals surface area contributed by atoms with E-state index in [2.05, 4.69) is 5.32 Å². The van der Waals surface area contributed by atoms with Crippen LogP contribution in [0.25, 0.3) is 0 Å². The van der Waals surface area contributed by atoms with E-state index in [1.165, 1.54) is 6.92 Å². The highest BCUT2D eigenvalue weighted by Crippen LogP contribution is 2.37. The SMILES string of the molecule is CC(=O)OCC(=O)Nc1c(I)c(COC(C)=O)c(I)c(C(=O)N(CC(COC(C)=O)OC(C)=O)CC(COC(C)=O)OC(C)=O)c1I. The summed E-state index contributed by atoms with van der Waals surface area (Å²) in [5, 5.41) is 2.62. The summed E-state index contributed by atoms with van der Waals surface area (Å²) >= 11 is 5.63. The van der Waals surface area contributed by atoms with Gasteiger partial charge in [0.2, 0.25) is 0 Å². The fourth-order valence-electron chi connectivity index (χ4n) is 3.68. The molecule has 0 heterocycles. The summed E-state index contributed by atoms with van der Waals surface area (Å²) in [6.45, 7) is 4.27. The number of nitrogens with zero attached hydrogens (tertiary/aromatic N) is 1. The number of esters is 6. The zero-order valence-corrected chi connectivity index (χ0v) is 32.7. The van der Waals surface area contributed by atoms with Gasteiger partial charge in [-0.1, -0.05) is 0 Å². The maximum Gasteiger partial charge on any atom is 0.303 e. The maximum absolute atomic E-state index is 14.5. The van der Waals surface area contributed by atoms with Gasteiger partial charge < -0.3 is 38.6 Å². The Morgan fingerprint density at radius 2 is 1.06 bits per heavy atom. The number of nitrogens with one attached hydrogen (secondary N) is 1. The lowest BCUT2D eigenvalue weighted by atomic mass is 10.1. The molecular formula is C28H33I3N2O14. The van der Waals surface area contributed by atoms with Crippen molar-refractivity contribution in [2.45, 2.75) is 60.4 Å². The van der Waals surface area contributed by atoms with Gasteiger partial charge >= 0.3 is 35.8 Å². The van der Waals surface area contributed by atoms with Crippen LogP contribution in [0.15, 0.2) is 0 Å². The van der Waals surface area contributed by atoms with Crippen molar-refractivity contribution in [2.24, 2.45) is 0 Å². The van der Waals surface area contributed by atoms with Crippen molar-refractivity contribution >= 4 is 121 Å². The molecule has 1 aromatic carbocycles. The molecule has 16 nitrogen and oxygen atoms in total. The summed E-state index contributed by atoms with van der Waals surface area (Å²) in [6.07, 6.45) is -2.37. The lowest BCUT2D eigenvalue weighted by molar-refractivity contribution is -0.159. The Kier molecular flexibility index (Phi) is 18.4. The Morgan fingerprint density at radius 3 is 1.47 bits per heavy atom. The number of anilines is 1. The van der Waals surface area contributed by atoms with Crippen LogP contribution in [0.5, 0.6) is 0 Å². The second-order valence-corrected chi connectivity index (χ2v) is 12.8. The van der Waals surface area contributed by atoms with Crippen LogP contribution in [0.1, 0.15) is 57.5 Å². The Morgan fingerprint density at radius 1 is 0.617 bits per heavy atom. The van der Waals surface area contributed by atoms with Crippen LogP contribution < -0.4 is 5.32 Å². The predicted molar refractivity (Wildman–Crippen MR) is 186 cm³/mol. The van der Waals surface area contributed by atoms with Crippen molar-refractivity contribution in [1.82, 2.24) is 4.90 Å². The van der Waals surface area contributed by atoms with Gasteiger partial charge in [0, 0.05) is 54.2 Å². The van der Waals surface area contributed by atoms with Crippen LogP contribution >= 0.6 is 67.8 Å². The Labute approximate surface area is 311 Å². The predicted octanol–water partition coefficient (Wildman–Crippen LogP) is 2.50. The monoisotopic (exact) mass is 1000 g/mol. The number of amides is 2. The summed E-state index contributed by atoms with van der Waals surface area (Å²) in [6, 6.07) is 0. The van der Waals surface area contributed by atoms with Crippen LogP contribution in [-0.4, -0.2) is 97.6 Å². The van der Waals surface area contributed by atoms with E-state index in [4.69, 9.17) is 28.4 Å². The molecule has 0 spiro atoms. The van der Waals surface area contributed by atoms with E-state index >= 15 is 0 Å². The van der Waals surface area contributed by atoms with E-state index in [0.717, 1.165) is 39.5 Å². The van der Waals surface area contributed by atoms with Gasteiger partial charge in [-0.15, -0.1) is 0 Å². The third-order valence-corrected chi connectivity index (χ3v) is 8.92. The molecule has 2 amide bonds. The first-order chi connectivity index (χ1) is 21.8. The molecule has 0 saturated carbocycles. The van der Waals surface area contributed by atoms with E-state index in [9.17, 15) is 38.4 Å². The van der Waals surface area contributed by atoms with Crippen molar-refractivity contribution in [1.29, 1.82) is 0 Å². The minimum atomic E-state index is -1.19. The minimum absolute atomic E-state index is 0.000299. The number of halogens is 3. The molecule has 0 fully saturated rings. The largest absolute Gasteiger partial charge is 0.462 e. The van der Waals surface area contributed by atoms with Crippen LogP contribution in [0.4, 0.5) is 5.69 Å². The summed E-state index contributed by atoms with van der Waals surface area (Å²) < 4.78 is 31.6. The molecule has 260 valence electrons. The van der Waals surface area contributed by atoms with Crippen molar-refractivity contribution in [3.63, 3.8) is 0 Å². The smallest absolute Gasteiger partial charge is 0.303 e. The van der Waals surface area contributed by atoms with Crippen molar-refractivity contribution in [3.05, 3.63) is 21.8 Å². The number of rotatable bonds is 16. The molecule has 0 aliphatic heterocycles. The summed E-state index contributed by atoms with van der Waals surface area (Å²) in [5.41, 5.74) is 0.489. The van der Waals surface area contributed by atoms with E-state index in [1.807, 2.05) is 67.8 Å². The lowest BCUT2D eigenvalue weighted by Crippen LogP contribution is -2.47. The average molecular weight is 1000 g/mol. The van der Waals surface area contributed by atoms with Gasteiger partial charge in [-0.25, -0.2) is 0 Å². The molecule has 1 aromatic rings. The molecule has 0 aliphatic rings. The second-order valence-electron chi connectivity index (χ2n) is 9.56. The normalized spacial score (nSPS) is 11.7. The fraction of sp³-hybridized carbons (Fsp3) is 0.500. The number of carbonyl (C=O) groups is 8. The van der Waals surface area contributed by atoms with E-state index < -0.39 is 92.7 Å². The van der Waals surface area contributed by atoms with Gasteiger partial charge in [-0.3, -0.25) is 38.4 Å². The summed E-state index contributed by atoms with van der Waals surface area (Å²) in [4.78, 5) is 98.2. The maximum atomic E-state index is 14.5. The second kappa shape index (κ2) is 20.5. The zero-order chi connectivity index (χ0) is 36.0.